The number of halogens is 1. The highest BCUT2D eigenvalue weighted by Gasteiger charge is 2.37. The van der Waals surface area contributed by atoms with Gasteiger partial charge >= 0.3 is 0 Å². The van der Waals surface area contributed by atoms with E-state index < -0.39 is 5.54 Å². The summed E-state index contributed by atoms with van der Waals surface area (Å²) in [4.78, 5) is 29.2. The lowest BCUT2D eigenvalue weighted by molar-refractivity contribution is -0.145. The first kappa shape index (κ1) is 20.7. The van der Waals surface area contributed by atoms with Crippen molar-refractivity contribution in [1.82, 2.24) is 9.80 Å². The molecule has 2 fully saturated rings. The number of morpholine rings is 1. The summed E-state index contributed by atoms with van der Waals surface area (Å²) in [5.41, 5.74) is 6.12. The average molecular weight is 382 g/mol. The molecule has 2 amide bonds. The third-order valence-corrected chi connectivity index (χ3v) is 5.27. The van der Waals surface area contributed by atoms with Gasteiger partial charge in [0.15, 0.2) is 0 Å². The zero-order valence-electron chi connectivity index (χ0n) is 15.2. The minimum Gasteiger partial charge on any atom is -0.378 e. The Kier molecular flexibility index (Phi) is 7.03. The van der Waals surface area contributed by atoms with E-state index in [4.69, 9.17) is 10.5 Å². The second-order valence-corrected chi connectivity index (χ2v) is 7.07. The average Bonchev–Trinajstić information content (AvgIpc) is 2.68. The van der Waals surface area contributed by atoms with E-state index in [0.717, 1.165) is 5.56 Å². The second-order valence-electron chi connectivity index (χ2n) is 7.07. The normalized spacial score (nSPS) is 20.8. The van der Waals surface area contributed by atoms with Gasteiger partial charge in [-0.05, 0) is 25.3 Å². The summed E-state index contributed by atoms with van der Waals surface area (Å²) in [6.45, 7) is 5.51. The summed E-state index contributed by atoms with van der Waals surface area (Å²) in [7, 11) is 0. The summed E-state index contributed by atoms with van der Waals surface area (Å²) < 4.78 is 5.30. The number of nitrogens with zero attached hydrogens (tertiary/aromatic N) is 2. The van der Waals surface area contributed by atoms with Crippen LogP contribution >= 0.6 is 12.4 Å². The number of hydrogen-bond donors (Lipinski definition) is 1. The van der Waals surface area contributed by atoms with Crippen molar-refractivity contribution in [3.63, 3.8) is 0 Å². The molecule has 3 rings (SSSR count). The van der Waals surface area contributed by atoms with Gasteiger partial charge in [-0.2, -0.15) is 0 Å². The maximum absolute atomic E-state index is 12.9. The summed E-state index contributed by atoms with van der Waals surface area (Å²) >= 11 is 0. The van der Waals surface area contributed by atoms with Crippen LogP contribution in [0.15, 0.2) is 30.3 Å². The molecule has 2 saturated heterocycles. The molecule has 2 heterocycles. The van der Waals surface area contributed by atoms with Gasteiger partial charge in [0.2, 0.25) is 11.8 Å². The number of carbonyl (C=O) groups excluding carboxylic acids is 2. The quantitative estimate of drug-likeness (QED) is 0.858. The standard InChI is InChI=1S/C19H27N3O3.ClH/c1-19(20,16-5-3-2-4-6-16)18(24)22-9-7-15(8-10-22)17(23)21-11-13-25-14-12-21;/h2-6,15H,7-14,20H2,1H3;1H. The lowest BCUT2D eigenvalue weighted by atomic mass is 9.89. The molecular formula is C19H28ClN3O3. The SMILES string of the molecule is CC(N)(C(=O)N1CCC(C(=O)N2CCOCC2)CC1)c1ccccc1.Cl. The van der Waals surface area contributed by atoms with Gasteiger partial charge in [0, 0.05) is 32.1 Å². The molecule has 2 N–H and O–H groups in total. The van der Waals surface area contributed by atoms with Gasteiger partial charge in [-0.25, -0.2) is 0 Å². The first-order valence-electron chi connectivity index (χ1n) is 9.00. The molecule has 1 atom stereocenters. The van der Waals surface area contributed by atoms with Gasteiger partial charge in [-0.3, -0.25) is 9.59 Å². The predicted molar refractivity (Wildman–Crippen MR) is 102 cm³/mol. The van der Waals surface area contributed by atoms with E-state index >= 15 is 0 Å². The molecule has 0 spiro atoms. The Labute approximate surface area is 161 Å². The Hall–Kier alpha value is -1.63. The van der Waals surface area contributed by atoms with Gasteiger partial charge in [0.1, 0.15) is 5.54 Å². The third-order valence-electron chi connectivity index (χ3n) is 5.27. The number of likely N-dealkylation sites (tertiary alicyclic amines) is 1. The highest BCUT2D eigenvalue weighted by Crippen LogP contribution is 2.25. The van der Waals surface area contributed by atoms with E-state index in [1.165, 1.54) is 0 Å². The van der Waals surface area contributed by atoms with Crippen LogP contribution in [-0.4, -0.2) is 61.0 Å². The molecule has 0 aliphatic carbocycles. The molecule has 1 aromatic rings. The van der Waals surface area contributed by atoms with Crippen LogP contribution in [0.25, 0.3) is 0 Å². The van der Waals surface area contributed by atoms with E-state index in [-0.39, 0.29) is 30.1 Å². The number of benzene rings is 1. The number of amides is 2. The Bertz CT molecular complexity index is 610. The molecule has 7 heteroatoms. The summed E-state index contributed by atoms with van der Waals surface area (Å²) in [6.07, 6.45) is 1.40. The molecule has 2 aliphatic rings. The van der Waals surface area contributed by atoms with E-state index in [2.05, 4.69) is 0 Å². The molecule has 0 saturated carbocycles. The van der Waals surface area contributed by atoms with Gasteiger partial charge in [-0.15, -0.1) is 12.4 Å². The number of rotatable bonds is 3. The molecule has 6 nitrogen and oxygen atoms in total. The van der Waals surface area contributed by atoms with Gasteiger partial charge in [-0.1, -0.05) is 30.3 Å². The maximum atomic E-state index is 12.9. The van der Waals surface area contributed by atoms with Crippen LogP contribution in [0.1, 0.15) is 25.3 Å². The molecule has 1 unspecified atom stereocenters. The van der Waals surface area contributed by atoms with Gasteiger partial charge in [0.05, 0.1) is 13.2 Å². The van der Waals surface area contributed by atoms with Crippen molar-refractivity contribution in [3.8, 4) is 0 Å². The molecule has 1 aromatic carbocycles. The molecule has 2 aliphatic heterocycles. The fourth-order valence-electron chi connectivity index (χ4n) is 3.61. The van der Waals surface area contributed by atoms with Gasteiger partial charge < -0.3 is 20.3 Å². The largest absolute Gasteiger partial charge is 0.378 e. The highest BCUT2D eigenvalue weighted by atomic mass is 35.5. The maximum Gasteiger partial charge on any atom is 0.246 e. The molecule has 0 aromatic heterocycles. The second kappa shape index (κ2) is 8.84. The fraction of sp³-hybridized carbons (Fsp3) is 0.579. The van der Waals surface area contributed by atoms with E-state index in [1.807, 2.05) is 35.2 Å². The third kappa shape index (κ3) is 4.37. The van der Waals surface area contributed by atoms with Crippen LogP contribution in [-0.2, 0) is 19.9 Å². The zero-order valence-corrected chi connectivity index (χ0v) is 16.0. The van der Waals surface area contributed by atoms with Crippen molar-refractivity contribution >= 4 is 24.2 Å². The summed E-state index contributed by atoms with van der Waals surface area (Å²) in [6, 6.07) is 9.45. The van der Waals surface area contributed by atoms with Crippen molar-refractivity contribution in [1.29, 1.82) is 0 Å². The predicted octanol–water partition coefficient (Wildman–Crippen LogP) is 1.38. The summed E-state index contributed by atoms with van der Waals surface area (Å²) in [5, 5.41) is 0. The minimum absolute atomic E-state index is 0. The van der Waals surface area contributed by atoms with Crippen molar-refractivity contribution in [2.24, 2.45) is 11.7 Å². The topological polar surface area (TPSA) is 75.9 Å². The Morgan fingerprint density at radius 3 is 2.19 bits per heavy atom. The first-order chi connectivity index (χ1) is 12.0. The molecule has 26 heavy (non-hydrogen) atoms. The smallest absolute Gasteiger partial charge is 0.246 e. The lowest BCUT2D eigenvalue weighted by Crippen LogP contribution is -2.54. The number of carbonyl (C=O) groups is 2. The van der Waals surface area contributed by atoms with Crippen molar-refractivity contribution in [2.75, 3.05) is 39.4 Å². The lowest BCUT2D eigenvalue weighted by Gasteiger charge is -2.38. The molecular weight excluding hydrogens is 354 g/mol. The van der Waals surface area contributed by atoms with Crippen molar-refractivity contribution in [2.45, 2.75) is 25.3 Å². The number of hydrogen-bond acceptors (Lipinski definition) is 4. The van der Waals surface area contributed by atoms with Crippen molar-refractivity contribution < 1.29 is 14.3 Å². The zero-order chi connectivity index (χ0) is 17.9. The number of nitrogens with two attached hydrogens (primary N) is 1. The van der Waals surface area contributed by atoms with Crippen LogP contribution in [0.5, 0.6) is 0 Å². The van der Waals surface area contributed by atoms with Crippen LogP contribution in [0.4, 0.5) is 0 Å². The summed E-state index contributed by atoms with van der Waals surface area (Å²) in [5.74, 6) is 0.132. The number of piperidine rings is 1. The van der Waals surface area contributed by atoms with Crippen LogP contribution in [0, 0.1) is 5.92 Å². The van der Waals surface area contributed by atoms with E-state index in [0.29, 0.717) is 52.2 Å². The van der Waals surface area contributed by atoms with Crippen LogP contribution in [0.2, 0.25) is 0 Å². The molecule has 0 bridgehead atoms. The Morgan fingerprint density at radius 1 is 1.04 bits per heavy atom. The Morgan fingerprint density at radius 2 is 1.62 bits per heavy atom. The van der Waals surface area contributed by atoms with E-state index in [1.54, 1.807) is 11.8 Å². The highest BCUT2D eigenvalue weighted by molar-refractivity contribution is 5.87. The van der Waals surface area contributed by atoms with Gasteiger partial charge in [0.25, 0.3) is 0 Å². The monoisotopic (exact) mass is 381 g/mol. The first-order valence-corrected chi connectivity index (χ1v) is 9.00. The Balaban J connectivity index is 0.00000243. The van der Waals surface area contributed by atoms with Crippen LogP contribution < -0.4 is 5.73 Å². The number of ether oxygens (including phenoxy) is 1. The minimum atomic E-state index is -1.04. The van der Waals surface area contributed by atoms with Crippen molar-refractivity contribution in [3.05, 3.63) is 35.9 Å². The fourth-order valence-corrected chi connectivity index (χ4v) is 3.61. The molecule has 144 valence electrons. The van der Waals surface area contributed by atoms with E-state index in [9.17, 15) is 9.59 Å². The molecule has 0 radical (unpaired) electrons. The van der Waals surface area contributed by atoms with Crippen LogP contribution in [0.3, 0.4) is 0 Å².